The molecule has 0 radical (unpaired) electrons. The highest BCUT2D eigenvalue weighted by Gasteiger charge is 2.32. The third-order valence-corrected chi connectivity index (χ3v) is 4.61. The number of halogens is 2. The Morgan fingerprint density at radius 1 is 1.47 bits per heavy atom. The lowest BCUT2D eigenvalue weighted by Crippen LogP contribution is -2.44. The number of nitrogens with one attached hydrogen (secondary N) is 1. The fourth-order valence-corrected chi connectivity index (χ4v) is 2.80. The van der Waals surface area contributed by atoms with E-state index in [0.717, 1.165) is 38.0 Å². The first-order valence-corrected chi connectivity index (χ1v) is 7.21. The highest BCUT2D eigenvalue weighted by atomic mass is 79.9. The predicted octanol–water partition coefficient (Wildman–Crippen LogP) is 3.13. The number of hydrogen-bond acceptors (Lipinski definition) is 2. The van der Waals surface area contributed by atoms with Crippen molar-refractivity contribution in [3.8, 4) is 0 Å². The minimum atomic E-state index is -0.230. The second kappa shape index (κ2) is 5.59. The molecule has 1 aliphatic rings. The second-order valence-corrected chi connectivity index (χ2v) is 6.35. The molecule has 1 fully saturated rings. The Hall–Kier alpha value is -0.940. The first kappa shape index (κ1) is 14.5. The van der Waals surface area contributed by atoms with E-state index < -0.39 is 0 Å². The lowest BCUT2D eigenvalue weighted by molar-refractivity contribution is 0.156. The van der Waals surface area contributed by atoms with Gasteiger partial charge in [-0.25, -0.2) is 4.39 Å². The number of rotatable bonds is 3. The molecule has 1 saturated heterocycles. The Bertz CT molecular complexity index is 482. The Labute approximate surface area is 121 Å². The zero-order valence-corrected chi connectivity index (χ0v) is 12.6. The summed E-state index contributed by atoms with van der Waals surface area (Å²) in [5, 5.41) is 7.64. The van der Waals surface area contributed by atoms with Crippen LogP contribution < -0.4 is 5.73 Å². The molecule has 0 unspecified atom stereocenters. The molecule has 3 N–H and O–H groups in total. The van der Waals surface area contributed by atoms with Gasteiger partial charge < -0.3 is 5.73 Å². The summed E-state index contributed by atoms with van der Waals surface area (Å²) in [5.74, 6) is 0.0585. The van der Waals surface area contributed by atoms with Crippen LogP contribution in [0.5, 0.6) is 0 Å². The summed E-state index contributed by atoms with van der Waals surface area (Å²) in [6.07, 6.45) is 1.81. The molecule has 0 spiro atoms. The SMILES string of the molecule is CC1(C(=N)N)CCN(Cc2ccc(F)c(Br)c2)CC1. The predicted molar refractivity (Wildman–Crippen MR) is 78.6 cm³/mol. The van der Waals surface area contributed by atoms with Gasteiger partial charge in [0.1, 0.15) is 5.82 Å². The zero-order chi connectivity index (χ0) is 14.0. The van der Waals surface area contributed by atoms with Crippen LogP contribution in [-0.2, 0) is 6.54 Å². The third kappa shape index (κ3) is 3.34. The molecular weight excluding hydrogens is 309 g/mol. The highest BCUT2D eigenvalue weighted by Crippen LogP contribution is 2.31. The van der Waals surface area contributed by atoms with E-state index in [-0.39, 0.29) is 17.1 Å². The maximum atomic E-state index is 13.2. The molecule has 0 amide bonds. The third-order valence-electron chi connectivity index (χ3n) is 4.00. The summed E-state index contributed by atoms with van der Waals surface area (Å²) in [7, 11) is 0. The molecule has 0 saturated carbocycles. The first-order chi connectivity index (χ1) is 8.90. The van der Waals surface area contributed by atoms with Crippen molar-refractivity contribution in [3.05, 3.63) is 34.1 Å². The fraction of sp³-hybridized carbons (Fsp3) is 0.500. The van der Waals surface area contributed by atoms with Crippen LogP contribution in [-0.4, -0.2) is 23.8 Å². The lowest BCUT2D eigenvalue weighted by Gasteiger charge is -2.38. The molecule has 3 nitrogen and oxygen atoms in total. The highest BCUT2D eigenvalue weighted by molar-refractivity contribution is 9.10. The standard InChI is InChI=1S/C14H19BrFN3/c1-14(13(17)18)4-6-19(7-5-14)9-10-2-3-12(16)11(15)8-10/h2-3,8H,4-7,9H2,1H3,(H3,17,18). The average Bonchev–Trinajstić information content (AvgIpc) is 2.37. The van der Waals surface area contributed by atoms with Crippen LogP contribution in [0.2, 0.25) is 0 Å². The Morgan fingerprint density at radius 3 is 2.63 bits per heavy atom. The molecule has 0 aromatic heterocycles. The number of likely N-dealkylation sites (tertiary alicyclic amines) is 1. The molecule has 1 heterocycles. The van der Waals surface area contributed by atoms with Crippen LogP contribution in [0.1, 0.15) is 25.3 Å². The normalized spacial score (nSPS) is 19.3. The van der Waals surface area contributed by atoms with Gasteiger partial charge in [0.15, 0.2) is 0 Å². The van der Waals surface area contributed by atoms with Crippen molar-refractivity contribution < 1.29 is 4.39 Å². The van der Waals surface area contributed by atoms with Crippen molar-refractivity contribution in [2.75, 3.05) is 13.1 Å². The van der Waals surface area contributed by atoms with Gasteiger partial charge in [0, 0.05) is 12.0 Å². The van der Waals surface area contributed by atoms with Gasteiger partial charge in [0.2, 0.25) is 0 Å². The van der Waals surface area contributed by atoms with Crippen molar-refractivity contribution in [1.29, 1.82) is 5.41 Å². The minimum absolute atomic E-state index is 0.153. The van der Waals surface area contributed by atoms with Gasteiger partial charge in [-0.3, -0.25) is 10.3 Å². The van der Waals surface area contributed by atoms with Crippen LogP contribution in [0.25, 0.3) is 0 Å². The number of hydrogen-bond donors (Lipinski definition) is 2. The molecule has 2 rings (SSSR count). The largest absolute Gasteiger partial charge is 0.387 e. The van der Waals surface area contributed by atoms with Gasteiger partial charge in [0.05, 0.1) is 10.3 Å². The summed E-state index contributed by atoms with van der Waals surface area (Å²) < 4.78 is 13.7. The van der Waals surface area contributed by atoms with E-state index in [9.17, 15) is 4.39 Å². The van der Waals surface area contributed by atoms with Crippen LogP contribution in [0, 0.1) is 16.6 Å². The van der Waals surface area contributed by atoms with Crippen molar-refractivity contribution in [2.24, 2.45) is 11.1 Å². The molecule has 1 aromatic rings. The van der Waals surface area contributed by atoms with Crippen molar-refractivity contribution >= 4 is 21.8 Å². The Morgan fingerprint density at radius 2 is 2.11 bits per heavy atom. The van der Waals surface area contributed by atoms with Crippen molar-refractivity contribution in [1.82, 2.24) is 4.90 Å². The van der Waals surface area contributed by atoms with Crippen LogP contribution >= 0.6 is 15.9 Å². The maximum absolute atomic E-state index is 13.2. The van der Waals surface area contributed by atoms with Gasteiger partial charge in [-0.15, -0.1) is 0 Å². The lowest BCUT2D eigenvalue weighted by atomic mass is 9.79. The quantitative estimate of drug-likeness (QED) is 0.662. The van der Waals surface area contributed by atoms with Gasteiger partial charge in [0.25, 0.3) is 0 Å². The summed E-state index contributed by atoms with van der Waals surface area (Å²) in [6, 6.07) is 5.13. The molecule has 104 valence electrons. The number of benzene rings is 1. The van der Waals surface area contributed by atoms with Gasteiger partial charge >= 0.3 is 0 Å². The van der Waals surface area contributed by atoms with E-state index in [1.54, 1.807) is 0 Å². The van der Waals surface area contributed by atoms with E-state index >= 15 is 0 Å². The summed E-state index contributed by atoms with van der Waals surface area (Å²) >= 11 is 3.21. The summed E-state index contributed by atoms with van der Waals surface area (Å²) in [5.41, 5.74) is 6.60. The number of amidine groups is 1. The topological polar surface area (TPSA) is 53.1 Å². The molecule has 1 aromatic carbocycles. The second-order valence-electron chi connectivity index (χ2n) is 5.50. The first-order valence-electron chi connectivity index (χ1n) is 6.41. The van der Waals surface area contributed by atoms with Crippen molar-refractivity contribution in [2.45, 2.75) is 26.3 Å². The minimum Gasteiger partial charge on any atom is -0.387 e. The van der Waals surface area contributed by atoms with E-state index in [2.05, 4.69) is 27.8 Å². The van der Waals surface area contributed by atoms with Gasteiger partial charge in [-0.2, -0.15) is 0 Å². The molecule has 0 bridgehead atoms. The number of nitrogens with zero attached hydrogens (tertiary/aromatic N) is 1. The summed E-state index contributed by atoms with van der Waals surface area (Å²) in [4.78, 5) is 2.32. The van der Waals surface area contributed by atoms with Gasteiger partial charge in [-0.1, -0.05) is 13.0 Å². The van der Waals surface area contributed by atoms with Gasteiger partial charge in [-0.05, 0) is 59.6 Å². The maximum Gasteiger partial charge on any atom is 0.137 e. The number of nitrogens with two attached hydrogens (primary N) is 1. The molecule has 0 aliphatic carbocycles. The van der Waals surface area contributed by atoms with E-state index in [0.29, 0.717) is 4.47 Å². The molecule has 0 atom stereocenters. The molecular formula is C14H19BrFN3. The fourth-order valence-electron chi connectivity index (χ4n) is 2.37. The Balaban J connectivity index is 1.95. The van der Waals surface area contributed by atoms with Crippen LogP contribution in [0.15, 0.2) is 22.7 Å². The zero-order valence-electron chi connectivity index (χ0n) is 11.0. The van der Waals surface area contributed by atoms with Crippen molar-refractivity contribution in [3.63, 3.8) is 0 Å². The van der Waals surface area contributed by atoms with E-state index in [4.69, 9.17) is 11.1 Å². The monoisotopic (exact) mass is 327 g/mol. The molecule has 19 heavy (non-hydrogen) atoms. The van der Waals surface area contributed by atoms with E-state index in [1.165, 1.54) is 6.07 Å². The summed E-state index contributed by atoms with van der Waals surface area (Å²) in [6.45, 7) is 4.71. The molecule has 5 heteroatoms. The Kier molecular flexibility index (Phi) is 4.26. The smallest absolute Gasteiger partial charge is 0.137 e. The van der Waals surface area contributed by atoms with E-state index in [1.807, 2.05) is 12.1 Å². The average molecular weight is 328 g/mol. The van der Waals surface area contributed by atoms with Crippen LogP contribution in [0.4, 0.5) is 4.39 Å². The number of piperidine rings is 1. The molecule has 1 aliphatic heterocycles. The van der Waals surface area contributed by atoms with Crippen LogP contribution in [0.3, 0.4) is 0 Å².